The van der Waals surface area contributed by atoms with Gasteiger partial charge in [-0.3, -0.25) is 38.4 Å². The number of ether oxygens (including phenoxy) is 2. The van der Waals surface area contributed by atoms with Crippen LogP contribution >= 0.6 is 46.4 Å². The predicted molar refractivity (Wildman–Crippen MR) is 411 cm³/mol. The molecule has 22 heteroatoms. The highest BCUT2D eigenvalue weighted by molar-refractivity contribution is 6.31. The molecule has 0 radical (unpaired) electrons. The lowest BCUT2D eigenvalue weighted by atomic mass is 9.82. The van der Waals surface area contributed by atoms with Crippen LogP contribution < -0.4 is 4.74 Å². The molecule has 8 amide bonds. The number of carbonyl (C=O) groups excluding carboxylic acids is 8. The first-order valence-electron chi connectivity index (χ1n) is 37.2. The molecule has 9 aliphatic heterocycles. The van der Waals surface area contributed by atoms with Gasteiger partial charge in [0.05, 0.1) is 25.6 Å². The third kappa shape index (κ3) is 11.4. The highest BCUT2D eigenvalue weighted by Crippen LogP contribution is 2.56. The molecule has 552 valence electrons. The predicted octanol–water partition coefficient (Wildman–Crippen LogP) is 14.1. The molecule has 5 unspecified atom stereocenters. The lowest BCUT2D eigenvalue weighted by Gasteiger charge is -2.43. The van der Waals surface area contributed by atoms with Gasteiger partial charge in [-0.15, -0.1) is 0 Å². The van der Waals surface area contributed by atoms with Crippen LogP contribution in [0.4, 0.5) is 0 Å². The third-order valence-corrected chi connectivity index (χ3v) is 24.5. The van der Waals surface area contributed by atoms with Gasteiger partial charge in [-0.2, -0.15) is 0 Å². The van der Waals surface area contributed by atoms with E-state index in [1.54, 1.807) is 17.0 Å². The average Bonchev–Trinajstić information content (AvgIpc) is 1.58. The van der Waals surface area contributed by atoms with E-state index in [0.717, 1.165) is 88.8 Å². The molecular weight excluding hydrogens is 1460 g/mol. The van der Waals surface area contributed by atoms with Crippen LogP contribution in [-0.4, -0.2) is 159 Å². The van der Waals surface area contributed by atoms with Crippen molar-refractivity contribution < 1.29 is 47.8 Å². The fourth-order valence-corrected chi connectivity index (χ4v) is 18.8. The summed E-state index contributed by atoms with van der Waals surface area (Å²) in [5.41, 5.74) is 6.20. The molecule has 5 saturated heterocycles. The molecule has 9 aromatic carbocycles. The summed E-state index contributed by atoms with van der Waals surface area (Å²) in [5.74, 6) is 0.988. The van der Waals surface area contributed by atoms with E-state index < -0.39 is 22.7 Å². The Kier molecular flexibility index (Phi) is 18.8. The molecule has 9 aromatic rings. The van der Waals surface area contributed by atoms with E-state index in [-0.39, 0.29) is 78.0 Å². The quantitative estimate of drug-likeness (QED) is 0.121. The van der Waals surface area contributed by atoms with Crippen molar-refractivity contribution in [2.45, 2.75) is 67.6 Å². The molecule has 0 N–H and O–H groups in total. The minimum atomic E-state index is -0.956. The van der Waals surface area contributed by atoms with Crippen molar-refractivity contribution in [3.05, 3.63) is 311 Å². The number of hydrogen-bond donors (Lipinski definition) is 0. The summed E-state index contributed by atoms with van der Waals surface area (Å²) in [5, 5.41) is 2.52. The van der Waals surface area contributed by atoms with E-state index in [9.17, 15) is 38.4 Å². The standard InChI is InChI=1S/C25H21ClN2O3.C21H19ClN2O3.C21H19ClN2O2.C20H17ClN2O2/c26-19-12-10-18(11-13-19)25-22-9-5-4-8-21(22)24(30)28(25)16-15-27(25)23(29)14-17-31-20-6-2-1-3-7-20;22-16-7-5-15(6-8-16)21-18-4-2-1-3-17(18)20(26)24(21)11-10-23(21)19(25)14-9-12-27-13-14;22-16-10-8-15(9-11-16)21-18-7-2-1-6-17(18)20(26)24(21)13-12-23(21)19(25)14-4-3-5-14;21-15-9-7-14(8-10-15)20-17-4-2-1-3-16(17)19(25)23(20)12-11-22(20)18(24)13-5-6-13/h1-13H,14-17H2;1-8,14H,9-13H2;1-2,6-11,14H,3-5,12-13H2;1-4,7-10,13H,5-6,11-12H2. The lowest BCUT2D eigenvalue weighted by molar-refractivity contribution is -0.144. The molecule has 9 heterocycles. The molecule has 5 atom stereocenters. The highest BCUT2D eigenvalue weighted by atomic mass is 35.5. The molecule has 2 aliphatic carbocycles. The van der Waals surface area contributed by atoms with Gasteiger partial charge in [0.25, 0.3) is 23.6 Å². The minimum absolute atomic E-state index is 0.000501. The Bertz CT molecular complexity index is 5120. The van der Waals surface area contributed by atoms with E-state index in [1.165, 1.54) is 0 Å². The lowest BCUT2D eigenvalue weighted by Crippen LogP contribution is -2.53. The fourth-order valence-electron chi connectivity index (χ4n) is 18.3. The number of carbonyl (C=O) groups is 8. The molecule has 0 bridgehead atoms. The van der Waals surface area contributed by atoms with E-state index in [2.05, 4.69) is 0 Å². The van der Waals surface area contributed by atoms with Gasteiger partial charge >= 0.3 is 0 Å². The van der Waals surface area contributed by atoms with Gasteiger partial charge in [0, 0.05) is 158 Å². The largest absolute Gasteiger partial charge is 0.493 e. The monoisotopic (exact) mass is 1530 g/mol. The zero-order valence-corrected chi connectivity index (χ0v) is 62.5. The van der Waals surface area contributed by atoms with Crippen LogP contribution in [0.2, 0.25) is 20.1 Å². The van der Waals surface area contributed by atoms with Crippen molar-refractivity contribution in [3.8, 4) is 5.75 Å². The van der Waals surface area contributed by atoms with Gasteiger partial charge in [0.15, 0.2) is 22.7 Å². The highest BCUT2D eigenvalue weighted by Gasteiger charge is 2.64. The third-order valence-electron chi connectivity index (χ3n) is 23.5. The second-order valence-corrected chi connectivity index (χ2v) is 30.9. The number of amides is 8. The number of rotatable bonds is 11. The summed E-state index contributed by atoms with van der Waals surface area (Å²) >= 11 is 24.4. The molecule has 2 saturated carbocycles. The van der Waals surface area contributed by atoms with Crippen LogP contribution in [0.1, 0.15) is 131 Å². The molecule has 20 rings (SSSR count). The molecule has 0 aromatic heterocycles. The van der Waals surface area contributed by atoms with Gasteiger partial charge in [0.1, 0.15) is 5.75 Å². The Labute approximate surface area is 651 Å². The number of halogens is 4. The maximum absolute atomic E-state index is 13.4. The van der Waals surface area contributed by atoms with Crippen molar-refractivity contribution in [2.24, 2.45) is 17.8 Å². The number of nitrogens with zero attached hydrogens (tertiary/aromatic N) is 8. The second-order valence-electron chi connectivity index (χ2n) is 29.1. The van der Waals surface area contributed by atoms with Crippen LogP contribution in [0.25, 0.3) is 0 Å². The van der Waals surface area contributed by atoms with E-state index in [1.807, 2.05) is 247 Å². The Balaban J connectivity index is 0.000000106. The topological polar surface area (TPSA) is 181 Å². The van der Waals surface area contributed by atoms with Crippen LogP contribution in [0.3, 0.4) is 0 Å². The first-order valence-corrected chi connectivity index (χ1v) is 38.8. The normalized spacial score (nSPS) is 23.5. The second kappa shape index (κ2) is 28.6. The van der Waals surface area contributed by atoms with Gasteiger partial charge in [-0.25, -0.2) is 0 Å². The molecular formula is C87H76Cl4N8O10. The van der Waals surface area contributed by atoms with Gasteiger partial charge in [-0.05, 0) is 117 Å². The summed E-state index contributed by atoms with van der Waals surface area (Å²) in [7, 11) is 0. The maximum Gasteiger partial charge on any atom is 0.256 e. The molecule has 109 heavy (non-hydrogen) atoms. The van der Waals surface area contributed by atoms with E-state index >= 15 is 0 Å². The SMILES string of the molecule is O=C(CCOc1ccccc1)N1CCN2C(=O)c3ccccc3C12c1ccc(Cl)cc1.O=C1c2ccccc2C2(c3ccc(Cl)cc3)N1CCN2C(=O)C1CC1.O=C1c2ccccc2C2(c3ccc(Cl)cc3)N1CCN2C(=O)C1CCC1.O=C1c2ccccc2C2(c3ccc(Cl)cc3)N1CCN2C(=O)C1CCOC1. The maximum atomic E-state index is 13.4. The molecule has 11 aliphatic rings. The van der Waals surface area contributed by atoms with Crippen LogP contribution in [0.5, 0.6) is 5.75 Å². The zero-order chi connectivity index (χ0) is 75.1. The average molecular weight is 1540 g/mol. The van der Waals surface area contributed by atoms with Crippen LogP contribution in [0, 0.1) is 17.8 Å². The number of hydrogen-bond acceptors (Lipinski definition) is 10. The van der Waals surface area contributed by atoms with Crippen molar-refractivity contribution >= 4 is 93.7 Å². The Hall–Kier alpha value is -10.3. The smallest absolute Gasteiger partial charge is 0.256 e. The van der Waals surface area contributed by atoms with Crippen molar-refractivity contribution in [1.29, 1.82) is 0 Å². The van der Waals surface area contributed by atoms with Crippen LogP contribution in [0.15, 0.2) is 224 Å². The van der Waals surface area contributed by atoms with Crippen LogP contribution in [-0.2, 0) is 46.6 Å². The first kappa shape index (κ1) is 71.6. The fraction of sp³-hybridized carbons (Fsp3) is 0.287. The number of fused-ring (bicyclic) bond motifs is 12. The van der Waals surface area contributed by atoms with Gasteiger partial charge < -0.3 is 48.7 Å². The zero-order valence-electron chi connectivity index (χ0n) is 59.5. The number of benzene rings is 9. The molecule has 0 spiro atoms. The summed E-state index contributed by atoms with van der Waals surface area (Å²) in [6.45, 7) is 5.52. The summed E-state index contributed by atoms with van der Waals surface area (Å²) in [4.78, 5) is 121. The summed E-state index contributed by atoms with van der Waals surface area (Å²) in [6, 6.07) is 69.8. The summed E-state index contributed by atoms with van der Waals surface area (Å²) < 4.78 is 11.2. The Morgan fingerprint density at radius 3 is 0.963 bits per heavy atom. The van der Waals surface area contributed by atoms with Gasteiger partial charge in [0.2, 0.25) is 23.6 Å². The first-order chi connectivity index (χ1) is 53.0. The van der Waals surface area contributed by atoms with Crippen molar-refractivity contribution in [2.75, 3.05) is 72.2 Å². The number of para-hydroxylation sites is 1. The molecule has 18 nitrogen and oxygen atoms in total. The Morgan fingerprint density at radius 2 is 0.651 bits per heavy atom. The van der Waals surface area contributed by atoms with E-state index in [4.69, 9.17) is 55.9 Å². The molecule has 7 fully saturated rings. The van der Waals surface area contributed by atoms with Crippen molar-refractivity contribution in [3.63, 3.8) is 0 Å². The summed E-state index contributed by atoms with van der Waals surface area (Å²) in [6.07, 6.45) is 5.83. The Morgan fingerprint density at radius 1 is 0.349 bits per heavy atom. The minimum Gasteiger partial charge on any atom is -0.493 e. The van der Waals surface area contributed by atoms with Gasteiger partial charge in [-0.1, -0.05) is 192 Å². The van der Waals surface area contributed by atoms with Crippen molar-refractivity contribution in [1.82, 2.24) is 39.2 Å². The van der Waals surface area contributed by atoms with E-state index in [0.29, 0.717) is 108 Å².